The first-order valence-corrected chi connectivity index (χ1v) is 14.0. The second-order valence-corrected chi connectivity index (χ2v) is 12.1. The van der Waals surface area contributed by atoms with E-state index in [1.807, 2.05) is 26.0 Å². The first-order chi connectivity index (χ1) is 17.1. The number of rotatable bonds is 8. The second-order valence-electron chi connectivity index (χ2n) is 9.11. The van der Waals surface area contributed by atoms with Gasteiger partial charge in [0.2, 0.25) is 10.2 Å². The van der Waals surface area contributed by atoms with Gasteiger partial charge in [0.1, 0.15) is 11.6 Å². The molecular weight excluding hydrogens is 504 g/mol. The third-order valence-corrected chi connectivity index (χ3v) is 8.91. The van der Waals surface area contributed by atoms with Crippen molar-refractivity contribution in [2.24, 2.45) is 5.92 Å². The summed E-state index contributed by atoms with van der Waals surface area (Å²) in [4.78, 5) is 42.8. The molecule has 1 aromatic carbocycles. The summed E-state index contributed by atoms with van der Waals surface area (Å²) in [5, 5.41) is 7.80. The Bertz CT molecular complexity index is 1320. The number of amides is 2. The fraction of sp³-hybridized carbons (Fsp3) is 0.417. The molecule has 3 aromatic rings. The van der Waals surface area contributed by atoms with Crippen molar-refractivity contribution in [3.8, 4) is 0 Å². The SMILES string of the molecule is CC(C)C[C@H](NC(=O)c1cc2ccccc2o1)C(=O)NC1CCCN(S(=O)(=O)c2nccs2)CC1=O. The van der Waals surface area contributed by atoms with Crippen LogP contribution in [0.2, 0.25) is 0 Å². The van der Waals surface area contributed by atoms with Gasteiger partial charge in [-0.15, -0.1) is 11.3 Å². The van der Waals surface area contributed by atoms with Crippen molar-refractivity contribution in [2.45, 2.75) is 49.5 Å². The quantitative estimate of drug-likeness (QED) is 0.455. The van der Waals surface area contributed by atoms with Crippen LogP contribution in [0.3, 0.4) is 0 Å². The summed E-state index contributed by atoms with van der Waals surface area (Å²) in [5.74, 6) is -1.26. The van der Waals surface area contributed by atoms with Gasteiger partial charge in [0, 0.05) is 23.5 Å². The van der Waals surface area contributed by atoms with E-state index in [9.17, 15) is 22.8 Å². The monoisotopic (exact) mass is 532 g/mol. The van der Waals surface area contributed by atoms with Crippen molar-refractivity contribution in [2.75, 3.05) is 13.1 Å². The molecule has 1 unspecified atom stereocenters. The molecule has 0 bridgehead atoms. The number of nitrogens with zero attached hydrogens (tertiary/aromatic N) is 2. The lowest BCUT2D eigenvalue weighted by molar-refractivity contribution is -0.129. The number of benzene rings is 1. The lowest BCUT2D eigenvalue weighted by Crippen LogP contribution is -2.52. The Kier molecular flexibility index (Phi) is 7.86. The molecule has 2 amide bonds. The molecule has 12 heteroatoms. The summed E-state index contributed by atoms with van der Waals surface area (Å²) in [6.45, 7) is 3.64. The first kappa shape index (κ1) is 26.0. The number of furan rings is 1. The van der Waals surface area contributed by atoms with Gasteiger partial charge in [-0.2, -0.15) is 4.31 Å². The predicted molar refractivity (Wildman–Crippen MR) is 134 cm³/mol. The second kappa shape index (κ2) is 10.9. The Balaban J connectivity index is 1.44. The average molecular weight is 533 g/mol. The number of para-hydroxylation sites is 1. The van der Waals surface area contributed by atoms with Crippen LogP contribution in [0.25, 0.3) is 11.0 Å². The van der Waals surface area contributed by atoms with Crippen molar-refractivity contribution in [3.63, 3.8) is 0 Å². The molecule has 2 atom stereocenters. The molecule has 0 saturated carbocycles. The highest BCUT2D eigenvalue weighted by molar-refractivity contribution is 7.91. The molecule has 3 heterocycles. The number of carbonyl (C=O) groups excluding carboxylic acids is 3. The largest absolute Gasteiger partial charge is 0.451 e. The molecular formula is C24H28N4O6S2. The number of thiazole rings is 1. The molecule has 2 N–H and O–H groups in total. The predicted octanol–water partition coefficient (Wildman–Crippen LogP) is 2.57. The fourth-order valence-corrected chi connectivity index (χ4v) is 6.51. The zero-order valence-corrected chi connectivity index (χ0v) is 21.6. The van der Waals surface area contributed by atoms with E-state index >= 15 is 0 Å². The van der Waals surface area contributed by atoms with Crippen LogP contribution in [-0.2, 0) is 19.6 Å². The summed E-state index contributed by atoms with van der Waals surface area (Å²) < 4.78 is 32.3. The van der Waals surface area contributed by atoms with Gasteiger partial charge in [-0.25, -0.2) is 13.4 Å². The molecule has 1 aliphatic heterocycles. The number of sulfonamides is 1. The van der Waals surface area contributed by atoms with Crippen LogP contribution < -0.4 is 10.6 Å². The van der Waals surface area contributed by atoms with Gasteiger partial charge in [-0.3, -0.25) is 14.4 Å². The Morgan fingerprint density at radius 2 is 2.06 bits per heavy atom. The van der Waals surface area contributed by atoms with Gasteiger partial charge in [-0.1, -0.05) is 32.0 Å². The number of nitrogens with one attached hydrogen (secondary N) is 2. The Morgan fingerprint density at radius 3 is 2.75 bits per heavy atom. The minimum Gasteiger partial charge on any atom is -0.451 e. The average Bonchev–Trinajstić information content (AvgIpc) is 3.49. The molecule has 0 radical (unpaired) electrons. The number of fused-ring (bicyclic) bond motifs is 1. The topological polar surface area (TPSA) is 139 Å². The van der Waals surface area contributed by atoms with E-state index in [4.69, 9.17) is 4.42 Å². The number of aromatic nitrogens is 1. The summed E-state index contributed by atoms with van der Waals surface area (Å²) in [6, 6.07) is 7.08. The zero-order valence-electron chi connectivity index (χ0n) is 20.0. The lowest BCUT2D eigenvalue weighted by Gasteiger charge is -2.23. The molecule has 192 valence electrons. The van der Waals surface area contributed by atoms with E-state index in [1.54, 1.807) is 23.6 Å². The number of Topliss-reactive ketones (excluding diaryl/α,β-unsaturated/α-hetero) is 1. The van der Waals surface area contributed by atoms with Crippen molar-refractivity contribution in [1.82, 2.24) is 19.9 Å². The Morgan fingerprint density at radius 1 is 1.28 bits per heavy atom. The van der Waals surface area contributed by atoms with Crippen LogP contribution in [0.15, 0.2) is 50.7 Å². The van der Waals surface area contributed by atoms with E-state index in [0.29, 0.717) is 24.8 Å². The molecule has 36 heavy (non-hydrogen) atoms. The van der Waals surface area contributed by atoms with Crippen LogP contribution >= 0.6 is 11.3 Å². The van der Waals surface area contributed by atoms with E-state index in [1.165, 1.54) is 6.20 Å². The van der Waals surface area contributed by atoms with Crippen LogP contribution in [-0.4, -0.2) is 60.5 Å². The Labute approximate surface area is 213 Å². The number of hydrogen-bond donors (Lipinski definition) is 2. The van der Waals surface area contributed by atoms with Crippen LogP contribution in [0.4, 0.5) is 0 Å². The van der Waals surface area contributed by atoms with Gasteiger partial charge in [0.15, 0.2) is 11.5 Å². The highest BCUT2D eigenvalue weighted by atomic mass is 32.2. The molecule has 0 aliphatic carbocycles. The van der Waals surface area contributed by atoms with E-state index < -0.39 is 39.7 Å². The molecule has 1 saturated heterocycles. The van der Waals surface area contributed by atoms with Gasteiger partial charge >= 0.3 is 0 Å². The summed E-state index contributed by atoms with van der Waals surface area (Å²) in [5.41, 5.74) is 0.564. The molecule has 10 nitrogen and oxygen atoms in total. The first-order valence-electron chi connectivity index (χ1n) is 11.7. The molecule has 1 fully saturated rings. The smallest absolute Gasteiger partial charge is 0.287 e. The van der Waals surface area contributed by atoms with Gasteiger partial charge < -0.3 is 15.1 Å². The van der Waals surface area contributed by atoms with Crippen molar-refractivity contribution >= 4 is 49.9 Å². The Hall–Kier alpha value is -3.09. The van der Waals surface area contributed by atoms with E-state index in [0.717, 1.165) is 21.0 Å². The highest BCUT2D eigenvalue weighted by Gasteiger charge is 2.35. The zero-order chi connectivity index (χ0) is 25.9. The highest BCUT2D eigenvalue weighted by Crippen LogP contribution is 2.22. The van der Waals surface area contributed by atoms with Gasteiger partial charge in [0.25, 0.3) is 15.9 Å². The fourth-order valence-electron chi connectivity index (χ4n) is 4.10. The lowest BCUT2D eigenvalue weighted by atomic mass is 10.0. The number of hydrogen-bond acceptors (Lipinski definition) is 8. The van der Waals surface area contributed by atoms with Gasteiger partial charge in [-0.05, 0) is 37.3 Å². The summed E-state index contributed by atoms with van der Waals surface area (Å²) in [7, 11) is -3.88. The third kappa shape index (κ3) is 5.82. The van der Waals surface area contributed by atoms with Crippen LogP contribution in [0.5, 0.6) is 0 Å². The maximum atomic E-state index is 13.2. The maximum absolute atomic E-state index is 13.2. The maximum Gasteiger partial charge on any atom is 0.287 e. The summed E-state index contributed by atoms with van der Waals surface area (Å²) in [6.07, 6.45) is 2.43. The molecule has 2 aromatic heterocycles. The molecule has 4 rings (SSSR count). The van der Waals surface area contributed by atoms with Gasteiger partial charge in [0.05, 0.1) is 12.6 Å². The normalized spacial score (nSPS) is 18.2. The van der Waals surface area contributed by atoms with Crippen molar-refractivity contribution < 1.29 is 27.2 Å². The third-order valence-electron chi connectivity index (χ3n) is 5.89. The van der Waals surface area contributed by atoms with Crippen molar-refractivity contribution in [1.29, 1.82) is 0 Å². The van der Waals surface area contributed by atoms with E-state index in [-0.39, 0.29) is 29.1 Å². The minimum absolute atomic E-state index is 0.0666. The minimum atomic E-state index is -3.88. The molecule has 1 aliphatic rings. The van der Waals surface area contributed by atoms with Crippen molar-refractivity contribution in [3.05, 3.63) is 47.7 Å². The van der Waals surface area contributed by atoms with E-state index in [2.05, 4.69) is 15.6 Å². The number of ketones is 1. The van der Waals surface area contributed by atoms with Crippen LogP contribution in [0, 0.1) is 5.92 Å². The summed E-state index contributed by atoms with van der Waals surface area (Å²) >= 11 is 0.988. The molecule has 0 spiro atoms. The van der Waals surface area contributed by atoms with Crippen LogP contribution in [0.1, 0.15) is 43.7 Å². The number of carbonyl (C=O) groups is 3. The standard InChI is InChI=1S/C24H28N4O6S2/c1-15(2)12-18(27-23(31)21-13-16-6-3-4-8-20(16)34-21)22(30)26-17-7-5-10-28(14-19(17)29)36(32,33)24-25-9-11-35-24/h3-4,6,8-9,11,13,15,17-18H,5,7,10,12,14H2,1-2H3,(H,26,30)(H,27,31)/t17?,18-/m0/s1.